The van der Waals surface area contributed by atoms with Gasteiger partial charge in [0.1, 0.15) is 4.32 Å². The minimum atomic E-state index is -3.08. The van der Waals surface area contributed by atoms with Gasteiger partial charge in [0.05, 0.1) is 32.5 Å². The van der Waals surface area contributed by atoms with E-state index in [2.05, 4.69) is 0 Å². The van der Waals surface area contributed by atoms with Crippen molar-refractivity contribution in [3.05, 3.63) is 38.7 Å². The Morgan fingerprint density at radius 2 is 2.04 bits per heavy atom. The van der Waals surface area contributed by atoms with Crippen molar-refractivity contribution in [2.24, 2.45) is 0 Å². The highest BCUT2D eigenvalue weighted by molar-refractivity contribution is 8.26. The van der Waals surface area contributed by atoms with Crippen LogP contribution in [0.1, 0.15) is 12.0 Å². The Kier molecular flexibility index (Phi) is 4.77. The highest BCUT2D eigenvalue weighted by Crippen LogP contribution is 2.36. The molecule has 0 radical (unpaired) electrons. The molecular formula is C14H11Cl2NO3S3. The standard InChI is InChI=1S/C14H11Cl2NO3S3/c15-10-2-1-8(5-11(10)16)6-12-13(18)17(14(21)22-12)9-3-4-23(19,20)7-9/h1-2,5-6,9H,3-4,7H2. The SMILES string of the molecule is O=C1C(=Cc2ccc(Cl)c(Cl)c2)SC(=S)N1C1CCS(=O)(=O)C1. The molecule has 0 bridgehead atoms. The van der Waals surface area contributed by atoms with Gasteiger partial charge < -0.3 is 0 Å². The van der Waals surface area contributed by atoms with Crippen LogP contribution in [0, 0.1) is 0 Å². The molecule has 0 saturated carbocycles. The van der Waals surface area contributed by atoms with Crippen molar-refractivity contribution in [3.8, 4) is 0 Å². The molecule has 1 aromatic carbocycles. The number of rotatable bonds is 2. The third-order valence-corrected chi connectivity index (χ3v) is 7.46. The van der Waals surface area contributed by atoms with E-state index in [1.807, 2.05) is 0 Å². The fourth-order valence-electron chi connectivity index (χ4n) is 2.53. The Morgan fingerprint density at radius 3 is 2.65 bits per heavy atom. The van der Waals surface area contributed by atoms with Crippen molar-refractivity contribution < 1.29 is 13.2 Å². The molecule has 2 aliphatic rings. The summed E-state index contributed by atoms with van der Waals surface area (Å²) in [5.41, 5.74) is 0.735. The van der Waals surface area contributed by atoms with Gasteiger partial charge in [-0.1, -0.05) is 53.2 Å². The zero-order valence-corrected chi connectivity index (χ0v) is 15.6. The summed E-state index contributed by atoms with van der Waals surface area (Å²) in [4.78, 5) is 14.4. The van der Waals surface area contributed by atoms with Crippen molar-refractivity contribution in [3.63, 3.8) is 0 Å². The predicted octanol–water partition coefficient (Wildman–Crippen LogP) is 3.38. The molecule has 0 aromatic heterocycles. The molecule has 2 heterocycles. The summed E-state index contributed by atoms with van der Waals surface area (Å²) < 4.78 is 23.6. The number of hydrogen-bond acceptors (Lipinski definition) is 5. The highest BCUT2D eigenvalue weighted by atomic mass is 35.5. The molecular weight excluding hydrogens is 397 g/mol. The van der Waals surface area contributed by atoms with Crippen molar-refractivity contribution >= 4 is 73.3 Å². The average molecular weight is 408 g/mol. The lowest BCUT2D eigenvalue weighted by atomic mass is 10.2. The van der Waals surface area contributed by atoms with Gasteiger partial charge in [0.15, 0.2) is 9.84 Å². The minimum Gasteiger partial charge on any atom is -0.289 e. The second kappa shape index (κ2) is 6.37. The number of thiocarbonyl (C=S) groups is 1. The second-order valence-electron chi connectivity index (χ2n) is 5.28. The summed E-state index contributed by atoms with van der Waals surface area (Å²) >= 11 is 18.3. The maximum Gasteiger partial charge on any atom is 0.266 e. The first-order valence-corrected chi connectivity index (χ1v) is 10.5. The topological polar surface area (TPSA) is 54.5 Å². The summed E-state index contributed by atoms with van der Waals surface area (Å²) in [6.07, 6.45) is 2.11. The first kappa shape index (κ1) is 17.2. The van der Waals surface area contributed by atoms with Crippen molar-refractivity contribution in [2.75, 3.05) is 11.5 Å². The van der Waals surface area contributed by atoms with E-state index in [9.17, 15) is 13.2 Å². The maximum atomic E-state index is 12.6. The summed E-state index contributed by atoms with van der Waals surface area (Å²) in [5, 5.41) is 0.838. The number of nitrogens with zero attached hydrogens (tertiary/aromatic N) is 1. The Balaban J connectivity index is 1.86. The largest absolute Gasteiger partial charge is 0.289 e. The van der Waals surface area contributed by atoms with E-state index >= 15 is 0 Å². The Morgan fingerprint density at radius 1 is 1.30 bits per heavy atom. The summed E-state index contributed by atoms with van der Waals surface area (Å²) in [6, 6.07) is 4.70. The lowest BCUT2D eigenvalue weighted by molar-refractivity contribution is -0.123. The number of amides is 1. The van der Waals surface area contributed by atoms with Crippen LogP contribution in [-0.2, 0) is 14.6 Å². The number of halogens is 2. The predicted molar refractivity (Wildman–Crippen MR) is 98.5 cm³/mol. The first-order valence-electron chi connectivity index (χ1n) is 6.69. The fraction of sp³-hybridized carbons (Fsp3) is 0.286. The van der Waals surface area contributed by atoms with Gasteiger partial charge in [-0.15, -0.1) is 0 Å². The van der Waals surface area contributed by atoms with Gasteiger partial charge in [0.25, 0.3) is 5.91 Å². The fourth-order valence-corrected chi connectivity index (χ4v) is 5.93. The van der Waals surface area contributed by atoms with Crippen LogP contribution < -0.4 is 0 Å². The van der Waals surface area contributed by atoms with Crippen LogP contribution in [-0.4, -0.2) is 41.1 Å². The summed E-state index contributed by atoms with van der Waals surface area (Å²) in [5.74, 6) is -0.187. The molecule has 2 fully saturated rings. The number of hydrogen-bond donors (Lipinski definition) is 0. The van der Waals surface area contributed by atoms with E-state index in [0.29, 0.717) is 25.7 Å². The molecule has 9 heteroatoms. The van der Waals surface area contributed by atoms with Crippen LogP contribution in [0.2, 0.25) is 10.0 Å². The highest BCUT2D eigenvalue weighted by Gasteiger charge is 2.42. The quantitative estimate of drug-likeness (QED) is 0.555. The van der Waals surface area contributed by atoms with E-state index < -0.39 is 9.84 Å². The molecule has 0 aliphatic carbocycles. The minimum absolute atomic E-state index is 0.0283. The van der Waals surface area contributed by atoms with Crippen LogP contribution in [0.3, 0.4) is 0 Å². The van der Waals surface area contributed by atoms with E-state index in [4.69, 9.17) is 35.4 Å². The molecule has 0 spiro atoms. The van der Waals surface area contributed by atoms with Gasteiger partial charge in [-0.05, 0) is 30.2 Å². The molecule has 23 heavy (non-hydrogen) atoms. The van der Waals surface area contributed by atoms with Crippen LogP contribution >= 0.6 is 47.2 Å². The van der Waals surface area contributed by atoms with Crippen LogP contribution in [0.25, 0.3) is 6.08 Å². The Hall–Kier alpha value is -0.600. The normalized spacial score (nSPS) is 25.6. The van der Waals surface area contributed by atoms with Gasteiger partial charge in [0.2, 0.25) is 0 Å². The van der Waals surface area contributed by atoms with Crippen LogP contribution in [0.15, 0.2) is 23.1 Å². The van der Waals surface area contributed by atoms with Crippen LogP contribution in [0.4, 0.5) is 0 Å². The van der Waals surface area contributed by atoms with E-state index in [1.165, 1.54) is 16.7 Å². The molecule has 1 atom stereocenters. The van der Waals surface area contributed by atoms with E-state index in [-0.39, 0.29) is 23.5 Å². The van der Waals surface area contributed by atoms with Crippen LogP contribution in [0.5, 0.6) is 0 Å². The third-order valence-electron chi connectivity index (χ3n) is 3.64. The molecule has 1 amide bonds. The van der Waals surface area contributed by atoms with Crippen molar-refractivity contribution in [1.82, 2.24) is 4.90 Å². The molecule has 4 nitrogen and oxygen atoms in total. The van der Waals surface area contributed by atoms with Gasteiger partial charge in [-0.2, -0.15) is 0 Å². The van der Waals surface area contributed by atoms with E-state index in [0.717, 1.165) is 5.56 Å². The van der Waals surface area contributed by atoms with Gasteiger partial charge >= 0.3 is 0 Å². The monoisotopic (exact) mass is 407 g/mol. The molecule has 3 rings (SSSR count). The molecule has 2 saturated heterocycles. The van der Waals surface area contributed by atoms with Crippen molar-refractivity contribution in [2.45, 2.75) is 12.5 Å². The van der Waals surface area contributed by atoms with Crippen molar-refractivity contribution in [1.29, 1.82) is 0 Å². The Labute approximate surface area is 153 Å². The first-order chi connectivity index (χ1) is 10.8. The molecule has 0 N–H and O–H groups in total. The average Bonchev–Trinajstić information content (AvgIpc) is 2.94. The summed E-state index contributed by atoms with van der Waals surface area (Å²) in [7, 11) is -3.08. The van der Waals surface area contributed by atoms with Gasteiger partial charge in [-0.3, -0.25) is 9.69 Å². The smallest absolute Gasteiger partial charge is 0.266 e. The lowest BCUT2D eigenvalue weighted by Crippen LogP contribution is -2.39. The zero-order chi connectivity index (χ0) is 16.8. The number of carbonyl (C=O) groups excluding carboxylic acids is 1. The summed E-state index contributed by atoms with van der Waals surface area (Å²) in [6.45, 7) is 0. The third kappa shape index (κ3) is 3.58. The molecule has 1 aromatic rings. The Bertz CT molecular complexity index is 836. The lowest BCUT2D eigenvalue weighted by Gasteiger charge is -2.20. The zero-order valence-electron chi connectivity index (χ0n) is 11.7. The second-order valence-corrected chi connectivity index (χ2v) is 10.0. The van der Waals surface area contributed by atoms with Gasteiger partial charge in [-0.25, -0.2) is 8.42 Å². The molecule has 122 valence electrons. The number of sulfone groups is 1. The van der Waals surface area contributed by atoms with Gasteiger partial charge in [0, 0.05) is 0 Å². The van der Waals surface area contributed by atoms with E-state index in [1.54, 1.807) is 24.3 Å². The maximum absolute atomic E-state index is 12.6. The number of benzene rings is 1. The number of thioether (sulfide) groups is 1. The number of carbonyl (C=O) groups is 1. The molecule has 1 unspecified atom stereocenters. The molecule has 2 aliphatic heterocycles.